The second kappa shape index (κ2) is 5.76. The van der Waals surface area contributed by atoms with E-state index < -0.39 is 5.97 Å². The normalized spacial score (nSPS) is 10.1. The summed E-state index contributed by atoms with van der Waals surface area (Å²) < 4.78 is 1.43. The Bertz CT molecular complexity index is 580. The second-order valence-electron chi connectivity index (χ2n) is 3.80. The molecule has 2 rings (SSSR count). The molecule has 98 valence electrons. The number of pyridine rings is 1. The number of rotatable bonds is 5. The number of carbonyl (C=O) groups excluding carboxylic acids is 1. The molecule has 7 heteroatoms. The van der Waals surface area contributed by atoms with Crippen LogP contribution in [-0.2, 0) is 11.3 Å². The van der Waals surface area contributed by atoms with E-state index in [1.165, 1.54) is 16.9 Å². The number of nitrogens with one attached hydrogen (secondary N) is 1. The molecule has 0 aliphatic heterocycles. The Balaban J connectivity index is 1.84. The number of aryl methyl sites for hydroxylation is 1. The summed E-state index contributed by atoms with van der Waals surface area (Å²) in [6.45, 7) is 0.324. The Morgan fingerprint density at radius 2 is 2.00 bits per heavy atom. The minimum absolute atomic E-state index is 0.0328. The summed E-state index contributed by atoms with van der Waals surface area (Å²) in [5.74, 6) is -1.25. The number of aromatic nitrogens is 3. The molecule has 1 amide bonds. The van der Waals surface area contributed by atoms with E-state index in [9.17, 15) is 9.59 Å². The Morgan fingerprint density at radius 3 is 2.63 bits per heavy atom. The Kier molecular flexibility index (Phi) is 3.87. The lowest BCUT2D eigenvalue weighted by molar-refractivity contribution is -0.116. The third kappa shape index (κ3) is 3.63. The number of carboxylic acids is 1. The van der Waals surface area contributed by atoms with Crippen molar-refractivity contribution in [3.8, 4) is 0 Å². The largest absolute Gasteiger partial charge is 0.476 e. The molecule has 2 aromatic heterocycles. The highest BCUT2D eigenvalue weighted by molar-refractivity contribution is 5.90. The Labute approximate surface area is 108 Å². The molecule has 2 aromatic rings. The van der Waals surface area contributed by atoms with Crippen LogP contribution in [0.4, 0.5) is 5.69 Å². The summed E-state index contributed by atoms with van der Waals surface area (Å²) in [5, 5.41) is 15.2. The zero-order valence-electron chi connectivity index (χ0n) is 9.98. The van der Waals surface area contributed by atoms with Crippen molar-refractivity contribution in [2.45, 2.75) is 13.0 Å². The molecule has 0 fully saturated rings. The van der Waals surface area contributed by atoms with Gasteiger partial charge in [-0.25, -0.2) is 4.79 Å². The van der Waals surface area contributed by atoms with Crippen molar-refractivity contribution < 1.29 is 14.7 Å². The van der Waals surface area contributed by atoms with Gasteiger partial charge >= 0.3 is 5.97 Å². The van der Waals surface area contributed by atoms with Crippen LogP contribution in [-0.4, -0.2) is 31.7 Å². The van der Waals surface area contributed by atoms with Crippen LogP contribution >= 0.6 is 0 Å². The lowest BCUT2D eigenvalue weighted by atomic mass is 10.3. The summed E-state index contributed by atoms with van der Waals surface area (Å²) in [5.41, 5.74) is 0.640. The molecule has 0 radical (unpaired) electrons. The smallest absolute Gasteiger partial charge is 0.356 e. The van der Waals surface area contributed by atoms with Crippen LogP contribution in [0.1, 0.15) is 16.9 Å². The van der Waals surface area contributed by atoms with E-state index >= 15 is 0 Å². The highest BCUT2D eigenvalue weighted by Crippen LogP contribution is 2.04. The van der Waals surface area contributed by atoms with Crippen molar-refractivity contribution in [3.63, 3.8) is 0 Å². The van der Waals surface area contributed by atoms with Crippen LogP contribution in [0.5, 0.6) is 0 Å². The van der Waals surface area contributed by atoms with E-state index in [2.05, 4.69) is 15.4 Å². The monoisotopic (exact) mass is 260 g/mol. The zero-order chi connectivity index (χ0) is 13.7. The van der Waals surface area contributed by atoms with Gasteiger partial charge in [-0.2, -0.15) is 5.10 Å². The minimum atomic E-state index is -1.08. The maximum Gasteiger partial charge on any atom is 0.356 e. The number of carboxylic acid groups (broad SMARTS) is 1. The van der Waals surface area contributed by atoms with E-state index in [-0.39, 0.29) is 18.0 Å². The fourth-order valence-corrected chi connectivity index (χ4v) is 1.48. The van der Waals surface area contributed by atoms with Crippen molar-refractivity contribution >= 4 is 17.6 Å². The van der Waals surface area contributed by atoms with Crippen LogP contribution in [0.25, 0.3) is 0 Å². The highest BCUT2D eigenvalue weighted by Gasteiger charge is 2.08. The maximum atomic E-state index is 11.6. The van der Waals surface area contributed by atoms with Gasteiger partial charge in [-0.1, -0.05) is 0 Å². The van der Waals surface area contributed by atoms with Crippen molar-refractivity contribution in [3.05, 3.63) is 42.5 Å². The molecular weight excluding hydrogens is 248 g/mol. The molecule has 0 aromatic carbocycles. The van der Waals surface area contributed by atoms with E-state index in [0.717, 1.165) is 0 Å². The van der Waals surface area contributed by atoms with Gasteiger partial charge in [-0.3, -0.25) is 14.5 Å². The van der Waals surface area contributed by atoms with Crippen LogP contribution < -0.4 is 5.32 Å². The van der Waals surface area contributed by atoms with E-state index in [4.69, 9.17) is 5.11 Å². The number of aromatic carboxylic acids is 1. The lowest BCUT2D eigenvalue weighted by Crippen LogP contribution is -2.15. The summed E-state index contributed by atoms with van der Waals surface area (Å²) in [4.78, 5) is 26.1. The quantitative estimate of drug-likeness (QED) is 0.836. The molecule has 0 bridgehead atoms. The third-order valence-electron chi connectivity index (χ3n) is 2.39. The predicted octanol–water partition coefficient (Wildman–Crippen LogP) is 1.01. The SMILES string of the molecule is O=C(CCn1ccc(C(=O)O)n1)Nc1ccncc1. The molecule has 0 spiro atoms. The van der Waals surface area contributed by atoms with Gasteiger partial charge < -0.3 is 10.4 Å². The lowest BCUT2D eigenvalue weighted by Gasteiger charge is -2.04. The van der Waals surface area contributed by atoms with E-state index in [1.807, 2.05) is 0 Å². The molecule has 2 heterocycles. The van der Waals surface area contributed by atoms with E-state index in [1.54, 1.807) is 24.5 Å². The average Bonchev–Trinajstić information content (AvgIpc) is 2.86. The van der Waals surface area contributed by atoms with Crippen molar-refractivity contribution in [1.82, 2.24) is 14.8 Å². The van der Waals surface area contributed by atoms with Gasteiger partial charge in [0.1, 0.15) is 0 Å². The topological polar surface area (TPSA) is 97.1 Å². The summed E-state index contributed by atoms with van der Waals surface area (Å²) in [7, 11) is 0. The van der Waals surface area contributed by atoms with Gasteiger partial charge in [-0.15, -0.1) is 0 Å². The molecule has 0 saturated carbocycles. The van der Waals surface area contributed by atoms with Gasteiger partial charge in [0, 0.05) is 37.2 Å². The van der Waals surface area contributed by atoms with Crippen molar-refractivity contribution in [2.75, 3.05) is 5.32 Å². The number of hydrogen-bond donors (Lipinski definition) is 2. The fourth-order valence-electron chi connectivity index (χ4n) is 1.48. The van der Waals surface area contributed by atoms with Crippen LogP contribution in [0, 0.1) is 0 Å². The number of anilines is 1. The zero-order valence-corrected chi connectivity index (χ0v) is 9.98. The van der Waals surface area contributed by atoms with Gasteiger partial charge in [-0.05, 0) is 18.2 Å². The molecule has 0 atom stereocenters. The van der Waals surface area contributed by atoms with Gasteiger partial charge in [0.25, 0.3) is 0 Å². The fraction of sp³-hybridized carbons (Fsp3) is 0.167. The molecule has 2 N–H and O–H groups in total. The molecule has 0 aliphatic rings. The third-order valence-corrected chi connectivity index (χ3v) is 2.39. The molecule has 0 saturated heterocycles. The summed E-state index contributed by atoms with van der Waals surface area (Å²) in [6.07, 6.45) is 4.91. The van der Waals surface area contributed by atoms with Gasteiger partial charge in [0.15, 0.2) is 5.69 Å². The summed E-state index contributed by atoms with van der Waals surface area (Å²) in [6, 6.07) is 4.77. The van der Waals surface area contributed by atoms with Crippen molar-refractivity contribution in [1.29, 1.82) is 0 Å². The summed E-state index contributed by atoms with van der Waals surface area (Å²) >= 11 is 0. The number of hydrogen-bond acceptors (Lipinski definition) is 4. The first-order valence-electron chi connectivity index (χ1n) is 5.62. The molecule has 7 nitrogen and oxygen atoms in total. The standard InChI is InChI=1S/C12H12N4O3/c17-11(14-9-1-5-13-6-2-9)4-8-16-7-3-10(15-16)12(18)19/h1-3,5-7H,4,8H2,(H,18,19)(H,13,14,17). The number of carbonyl (C=O) groups is 2. The molecule has 0 unspecified atom stereocenters. The average molecular weight is 260 g/mol. The second-order valence-corrected chi connectivity index (χ2v) is 3.80. The predicted molar refractivity (Wildman–Crippen MR) is 66.7 cm³/mol. The molecule has 0 aliphatic carbocycles. The Hall–Kier alpha value is -2.70. The van der Waals surface area contributed by atoms with Gasteiger partial charge in [0.05, 0.1) is 0 Å². The first-order chi connectivity index (χ1) is 9.15. The van der Waals surface area contributed by atoms with Crippen LogP contribution in [0.2, 0.25) is 0 Å². The number of amides is 1. The Morgan fingerprint density at radius 1 is 1.26 bits per heavy atom. The first-order valence-corrected chi connectivity index (χ1v) is 5.62. The van der Waals surface area contributed by atoms with Crippen LogP contribution in [0.3, 0.4) is 0 Å². The first kappa shape index (κ1) is 12.7. The minimum Gasteiger partial charge on any atom is -0.476 e. The van der Waals surface area contributed by atoms with Crippen molar-refractivity contribution in [2.24, 2.45) is 0 Å². The van der Waals surface area contributed by atoms with Crippen LogP contribution in [0.15, 0.2) is 36.8 Å². The number of nitrogens with zero attached hydrogens (tertiary/aromatic N) is 3. The molecular formula is C12H12N4O3. The molecule has 19 heavy (non-hydrogen) atoms. The maximum absolute atomic E-state index is 11.6. The van der Waals surface area contributed by atoms with E-state index in [0.29, 0.717) is 12.2 Å². The highest BCUT2D eigenvalue weighted by atomic mass is 16.4. The van der Waals surface area contributed by atoms with Gasteiger partial charge in [0.2, 0.25) is 5.91 Å².